The lowest BCUT2D eigenvalue weighted by Crippen LogP contribution is -2.51. The molecule has 0 spiro atoms. The van der Waals surface area contributed by atoms with Gasteiger partial charge in [-0.3, -0.25) is 0 Å². The molecule has 1 aromatic heterocycles. The van der Waals surface area contributed by atoms with Crippen molar-refractivity contribution < 1.29 is 19.0 Å². The van der Waals surface area contributed by atoms with Gasteiger partial charge in [-0.05, 0) is 67.1 Å². The minimum absolute atomic E-state index is 0.0117. The van der Waals surface area contributed by atoms with Crippen molar-refractivity contribution in [3.63, 3.8) is 0 Å². The minimum Gasteiger partial charge on any atom is -0.508 e. The van der Waals surface area contributed by atoms with Crippen LogP contribution >= 0.6 is 0 Å². The predicted octanol–water partition coefficient (Wildman–Crippen LogP) is 5.18. The summed E-state index contributed by atoms with van der Waals surface area (Å²) in [6.45, 7) is 4.91. The molecule has 7 nitrogen and oxygen atoms in total. The number of rotatable bonds is 5. The molecular formula is C31H31FN4O3. The molecule has 4 bridgehead atoms. The van der Waals surface area contributed by atoms with E-state index in [1.165, 1.54) is 0 Å². The van der Waals surface area contributed by atoms with Crippen molar-refractivity contribution in [2.24, 2.45) is 5.41 Å². The third kappa shape index (κ3) is 3.76. The number of fused-ring (bicyclic) bond motifs is 5. The van der Waals surface area contributed by atoms with E-state index in [1.54, 1.807) is 18.2 Å². The molecule has 4 aromatic rings. The number of nitrogens with zero attached hydrogens (tertiary/aromatic N) is 3. The van der Waals surface area contributed by atoms with Gasteiger partial charge in [-0.1, -0.05) is 30.3 Å². The molecule has 5 aliphatic rings. The molecular weight excluding hydrogens is 495 g/mol. The average Bonchev–Trinajstić information content (AvgIpc) is 3.56. The van der Waals surface area contributed by atoms with Crippen LogP contribution in [0.4, 0.5) is 10.2 Å². The van der Waals surface area contributed by atoms with E-state index in [1.807, 2.05) is 30.3 Å². The fraction of sp³-hybridized carbons (Fsp3) is 0.419. The second kappa shape index (κ2) is 8.26. The molecule has 2 unspecified atom stereocenters. The largest absolute Gasteiger partial charge is 0.508 e. The number of piperazine rings is 1. The lowest BCUT2D eigenvalue weighted by Gasteiger charge is -2.41. The predicted molar refractivity (Wildman–Crippen MR) is 148 cm³/mol. The number of phenols is 1. The van der Waals surface area contributed by atoms with Crippen molar-refractivity contribution in [1.29, 1.82) is 0 Å². The summed E-state index contributed by atoms with van der Waals surface area (Å²) < 4.78 is 28.7. The highest BCUT2D eigenvalue weighted by Crippen LogP contribution is 2.57. The Morgan fingerprint density at radius 3 is 2.62 bits per heavy atom. The van der Waals surface area contributed by atoms with E-state index in [-0.39, 0.29) is 28.3 Å². The number of aromatic hydroxyl groups is 1. The summed E-state index contributed by atoms with van der Waals surface area (Å²) in [5, 5.41) is 16.5. The fourth-order valence-corrected chi connectivity index (χ4v) is 7.55. The SMILES string of the molecule is CC12CC(COc3nc(N4CC5CCC(C4)N5)c4ccc(-c5cc(O)cc6ccccc56)c(F)c4n3)(CO1)C2. The van der Waals surface area contributed by atoms with Crippen molar-refractivity contribution in [2.45, 2.75) is 50.3 Å². The van der Waals surface area contributed by atoms with Crippen molar-refractivity contribution >= 4 is 27.5 Å². The molecule has 0 radical (unpaired) electrons. The minimum atomic E-state index is -0.437. The summed E-state index contributed by atoms with van der Waals surface area (Å²) in [6, 6.07) is 15.7. The fourth-order valence-electron chi connectivity index (χ4n) is 7.55. The molecule has 1 saturated carbocycles. The monoisotopic (exact) mass is 526 g/mol. The highest BCUT2D eigenvalue weighted by Gasteiger charge is 2.60. The number of ether oxygens (including phenoxy) is 2. The molecule has 5 heterocycles. The zero-order valence-corrected chi connectivity index (χ0v) is 21.9. The van der Waals surface area contributed by atoms with Gasteiger partial charge in [0.05, 0.1) is 18.8 Å². The number of halogens is 1. The molecule has 0 amide bonds. The van der Waals surface area contributed by atoms with Crippen LogP contribution in [0.5, 0.6) is 11.8 Å². The van der Waals surface area contributed by atoms with Gasteiger partial charge in [-0.25, -0.2) is 4.39 Å². The summed E-state index contributed by atoms with van der Waals surface area (Å²) in [5.41, 5.74) is 1.21. The zero-order chi connectivity index (χ0) is 26.4. The lowest BCUT2D eigenvalue weighted by atomic mass is 9.64. The first-order valence-corrected chi connectivity index (χ1v) is 13.9. The number of benzene rings is 3. The standard InChI is InChI=1S/C31H31FN4O3/c1-30-14-31(15-30,17-39-30)16-38-29-34-27-24(28(35-29)36-12-19-6-7-20(13-36)33-19)9-8-23(26(27)32)25-11-21(37)10-18-4-2-3-5-22(18)25/h2-5,8-11,19-20,33,37H,6-7,12-17H2,1H3. The number of aromatic nitrogens is 2. The average molecular weight is 527 g/mol. The van der Waals surface area contributed by atoms with Gasteiger partial charge in [0.1, 0.15) is 17.1 Å². The Hall–Kier alpha value is -3.49. The normalized spacial score (nSPS) is 29.2. The maximum atomic E-state index is 16.5. The van der Waals surface area contributed by atoms with Gasteiger partial charge in [0.15, 0.2) is 5.82 Å². The highest BCUT2D eigenvalue weighted by atomic mass is 19.1. The number of hydrogen-bond donors (Lipinski definition) is 2. The Bertz CT molecular complexity index is 1620. The van der Waals surface area contributed by atoms with Gasteiger partial charge >= 0.3 is 6.01 Å². The van der Waals surface area contributed by atoms with Crippen LogP contribution in [-0.4, -0.2) is 59.1 Å². The van der Waals surface area contributed by atoms with E-state index in [4.69, 9.17) is 14.5 Å². The van der Waals surface area contributed by atoms with Crippen molar-refractivity contribution in [3.05, 3.63) is 54.3 Å². The summed E-state index contributed by atoms with van der Waals surface area (Å²) >= 11 is 0. The van der Waals surface area contributed by atoms with E-state index in [0.717, 1.165) is 55.4 Å². The topological polar surface area (TPSA) is 79.7 Å². The molecule has 1 aliphatic carbocycles. The Balaban J connectivity index is 1.25. The Labute approximate surface area is 226 Å². The first-order chi connectivity index (χ1) is 18.9. The van der Waals surface area contributed by atoms with Crippen LogP contribution < -0.4 is 15.0 Å². The third-order valence-electron chi connectivity index (χ3n) is 9.15. The smallest absolute Gasteiger partial charge is 0.319 e. The van der Waals surface area contributed by atoms with Crippen LogP contribution in [0, 0.1) is 11.2 Å². The van der Waals surface area contributed by atoms with Crippen LogP contribution in [0.2, 0.25) is 0 Å². The van der Waals surface area contributed by atoms with Crippen LogP contribution in [0.1, 0.15) is 32.6 Å². The number of hydrogen-bond acceptors (Lipinski definition) is 7. The zero-order valence-electron chi connectivity index (χ0n) is 21.9. The van der Waals surface area contributed by atoms with E-state index in [9.17, 15) is 5.11 Å². The molecule has 3 aromatic carbocycles. The van der Waals surface area contributed by atoms with Gasteiger partial charge in [-0.15, -0.1) is 0 Å². The van der Waals surface area contributed by atoms with Crippen LogP contribution in [0.25, 0.3) is 32.8 Å². The van der Waals surface area contributed by atoms with Gasteiger partial charge in [0.25, 0.3) is 0 Å². The number of nitrogens with one attached hydrogen (secondary N) is 1. The molecule has 4 saturated heterocycles. The van der Waals surface area contributed by atoms with Crippen molar-refractivity contribution in [2.75, 3.05) is 31.2 Å². The molecule has 200 valence electrons. The highest BCUT2D eigenvalue weighted by molar-refractivity contribution is 6.01. The van der Waals surface area contributed by atoms with E-state index in [0.29, 0.717) is 41.8 Å². The Kier molecular flexibility index (Phi) is 4.95. The lowest BCUT2D eigenvalue weighted by molar-refractivity contribution is -0.00933. The van der Waals surface area contributed by atoms with Crippen LogP contribution in [0.15, 0.2) is 48.5 Å². The number of anilines is 1. The molecule has 2 atom stereocenters. The first-order valence-electron chi connectivity index (χ1n) is 13.9. The van der Waals surface area contributed by atoms with E-state index in [2.05, 4.69) is 22.1 Å². The van der Waals surface area contributed by atoms with Gasteiger partial charge < -0.3 is 24.8 Å². The van der Waals surface area contributed by atoms with Gasteiger partial charge in [-0.2, -0.15) is 9.97 Å². The van der Waals surface area contributed by atoms with Crippen LogP contribution in [0.3, 0.4) is 0 Å². The molecule has 4 aliphatic heterocycles. The Morgan fingerprint density at radius 1 is 1.05 bits per heavy atom. The second-order valence-corrected chi connectivity index (χ2v) is 12.3. The molecule has 9 rings (SSSR count). The third-order valence-corrected chi connectivity index (χ3v) is 9.15. The summed E-state index contributed by atoms with van der Waals surface area (Å²) in [7, 11) is 0. The molecule has 2 N–H and O–H groups in total. The number of phenolic OH excluding ortho intramolecular Hbond substituents is 1. The quantitative estimate of drug-likeness (QED) is 0.371. The summed E-state index contributed by atoms with van der Waals surface area (Å²) in [5.74, 6) is 0.379. The first kappa shape index (κ1) is 23.4. The van der Waals surface area contributed by atoms with E-state index < -0.39 is 5.82 Å². The van der Waals surface area contributed by atoms with Crippen molar-refractivity contribution in [3.8, 4) is 22.9 Å². The van der Waals surface area contributed by atoms with Gasteiger partial charge in [0, 0.05) is 41.5 Å². The summed E-state index contributed by atoms with van der Waals surface area (Å²) in [6.07, 6.45) is 4.20. The van der Waals surface area contributed by atoms with Crippen LogP contribution in [-0.2, 0) is 4.74 Å². The van der Waals surface area contributed by atoms with Gasteiger partial charge in [0.2, 0.25) is 0 Å². The molecule has 8 heteroatoms. The van der Waals surface area contributed by atoms with Crippen molar-refractivity contribution in [1.82, 2.24) is 15.3 Å². The Morgan fingerprint density at radius 2 is 1.85 bits per heavy atom. The summed E-state index contributed by atoms with van der Waals surface area (Å²) in [4.78, 5) is 11.8. The molecule has 5 fully saturated rings. The second-order valence-electron chi connectivity index (χ2n) is 12.3. The maximum Gasteiger partial charge on any atom is 0.319 e. The molecule has 39 heavy (non-hydrogen) atoms. The maximum absolute atomic E-state index is 16.5. The van der Waals surface area contributed by atoms with E-state index >= 15 is 4.39 Å².